The number of benzene rings is 2. The highest BCUT2D eigenvalue weighted by Gasteiger charge is 2.19. The number of ketones is 1. The van der Waals surface area contributed by atoms with E-state index in [0.717, 1.165) is 17.5 Å². The predicted octanol–water partition coefficient (Wildman–Crippen LogP) is 3.65. The molecule has 0 spiro atoms. The lowest BCUT2D eigenvalue weighted by Crippen LogP contribution is -2.14. The number of amides is 1. The van der Waals surface area contributed by atoms with Gasteiger partial charge < -0.3 is 10.1 Å². The number of carbonyl (C=O) groups excluding carboxylic acids is 2. The number of hydrogen-bond donors (Lipinski definition) is 1. The predicted molar refractivity (Wildman–Crippen MR) is 95.6 cm³/mol. The van der Waals surface area contributed by atoms with Crippen LogP contribution in [0.3, 0.4) is 0 Å². The number of rotatable bonds is 4. The smallest absolute Gasteiger partial charge is 0.276 e. The van der Waals surface area contributed by atoms with Crippen LogP contribution in [0.1, 0.15) is 32.8 Å². The van der Waals surface area contributed by atoms with E-state index in [2.05, 4.69) is 15.5 Å². The van der Waals surface area contributed by atoms with Crippen molar-refractivity contribution >= 4 is 17.4 Å². The van der Waals surface area contributed by atoms with Gasteiger partial charge in [0.2, 0.25) is 5.88 Å². The maximum absolute atomic E-state index is 12.2. The third-order valence-corrected chi connectivity index (χ3v) is 4.13. The molecule has 1 heterocycles. The lowest BCUT2D eigenvalue weighted by molar-refractivity contribution is 0.0992. The van der Waals surface area contributed by atoms with E-state index in [9.17, 15) is 9.59 Å². The highest BCUT2D eigenvalue weighted by atomic mass is 16.5. The van der Waals surface area contributed by atoms with Crippen LogP contribution >= 0.6 is 0 Å². The van der Waals surface area contributed by atoms with Crippen molar-refractivity contribution in [3.05, 3.63) is 77.5 Å². The molecule has 0 aliphatic heterocycles. The molecule has 26 heavy (non-hydrogen) atoms. The Morgan fingerprint density at radius 3 is 2.58 bits per heavy atom. The zero-order valence-corrected chi connectivity index (χ0v) is 13.8. The molecule has 4 rings (SSSR count). The maximum atomic E-state index is 12.2. The molecule has 0 saturated heterocycles. The first-order chi connectivity index (χ1) is 12.7. The molecule has 1 aliphatic rings. The molecule has 1 amide bonds. The topological polar surface area (TPSA) is 81.2 Å². The Kier molecular flexibility index (Phi) is 4.15. The summed E-state index contributed by atoms with van der Waals surface area (Å²) in [6.07, 6.45) is 1.28. The summed E-state index contributed by atoms with van der Waals surface area (Å²) in [7, 11) is 0. The number of hydrogen-bond acceptors (Lipinski definition) is 5. The van der Waals surface area contributed by atoms with Gasteiger partial charge in [-0.25, -0.2) is 0 Å². The third kappa shape index (κ3) is 3.30. The van der Waals surface area contributed by atoms with E-state index in [-0.39, 0.29) is 23.3 Å². The fourth-order valence-corrected chi connectivity index (χ4v) is 2.83. The standard InChI is InChI=1S/C20H15N3O3/c24-18-10-6-13-12-15(7-8-16(13)18)26-19-11-9-17(22-23-19)20(25)21-14-4-2-1-3-5-14/h1-5,7-9,11-12H,6,10H2,(H,21,25). The number of nitrogens with one attached hydrogen (secondary N) is 1. The van der Waals surface area contributed by atoms with Crippen molar-refractivity contribution in [2.75, 3.05) is 5.32 Å². The van der Waals surface area contributed by atoms with Crippen molar-refractivity contribution in [1.82, 2.24) is 10.2 Å². The minimum atomic E-state index is -0.341. The van der Waals surface area contributed by atoms with Crippen LogP contribution < -0.4 is 10.1 Å². The van der Waals surface area contributed by atoms with Crippen LogP contribution in [0, 0.1) is 0 Å². The second-order valence-corrected chi connectivity index (χ2v) is 5.92. The molecule has 0 radical (unpaired) electrons. The molecule has 1 N–H and O–H groups in total. The van der Waals surface area contributed by atoms with Gasteiger partial charge in [0.1, 0.15) is 5.75 Å². The number of ether oxygens (including phenoxy) is 1. The van der Waals surface area contributed by atoms with Crippen molar-refractivity contribution in [3.8, 4) is 11.6 Å². The van der Waals surface area contributed by atoms with Gasteiger partial charge in [-0.3, -0.25) is 9.59 Å². The molecule has 0 fully saturated rings. The number of fused-ring (bicyclic) bond motifs is 1. The molecule has 6 heteroatoms. The molecule has 1 aromatic heterocycles. The molecular weight excluding hydrogens is 330 g/mol. The second kappa shape index (κ2) is 6.76. The SMILES string of the molecule is O=C(Nc1ccccc1)c1ccc(Oc2ccc3c(c2)CCC3=O)nn1. The number of Topliss-reactive ketones (excluding diaryl/α,β-unsaturated/α-hetero) is 1. The van der Waals surface area contributed by atoms with E-state index < -0.39 is 0 Å². The Labute approximate surface area is 149 Å². The van der Waals surface area contributed by atoms with Gasteiger partial charge >= 0.3 is 0 Å². The van der Waals surface area contributed by atoms with E-state index in [1.807, 2.05) is 24.3 Å². The van der Waals surface area contributed by atoms with Crippen LogP contribution in [0.5, 0.6) is 11.6 Å². The van der Waals surface area contributed by atoms with E-state index in [0.29, 0.717) is 17.9 Å². The van der Waals surface area contributed by atoms with E-state index in [1.165, 1.54) is 0 Å². The monoisotopic (exact) mass is 345 g/mol. The van der Waals surface area contributed by atoms with Gasteiger partial charge in [-0.05, 0) is 48.4 Å². The molecule has 128 valence electrons. The molecule has 0 bridgehead atoms. The molecule has 0 saturated carbocycles. The van der Waals surface area contributed by atoms with Crippen LogP contribution in [-0.4, -0.2) is 21.9 Å². The lowest BCUT2D eigenvalue weighted by Gasteiger charge is -2.07. The zero-order valence-electron chi connectivity index (χ0n) is 13.8. The van der Waals surface area contributed by atoms with Gasteiger partial charge in [-0.1, -0.05) is 18.2 Å². The Morgan fingerprint density at radius 1 is 0.962 bits per heavy atom. The van der Waals surface area contributed by atoms with Gasteiger partial charge in [-0.15, -0.1) is 10.2 Å². The molecule has 0 unspecified atom stereocenters. The van der Waals surface area contributed by atoms with E-state index in [1.54, 1.807) is 36.4 Å². The average Bonchev–Trinajstić information content (AvgIpc) is 3.03. The number of anilines is 1. The minimum absolute atomic E-state index is 0.167. The first-order valence-electron chi connectivity index (χ1n) is 8.23. The largest absolute Gasteiger partial charge is 0.438 e. The Bertz CT molecular complexity index is 969. The number of nitrogens with zero attached hydrogens (tertiary/aromatic N) is 2. The van der Waals surface area contributed by atoms with Crippen molar-refractivity contribution in [2.24, 2.45) is 0 Å². The van der Waals surface area contributed by atoms with Crippen LogP contribution in [0.15, 0.2) is 60.7 Å². The van der Waals surface area contributed by atoms with Gasteiger partial charge in [0, 0.05) is 23.7 Å². The van der Waals surface area contributed by atoms with Crippen molar-refractivity contribution in [1.29, 1.82) is 0 Å². The van der Waals surface area contributed by atoms with Crippen molar-refractivity contribution in [2.45, 2.75) is 12.8 Å². The normalized spacial score (nSPS) is 12.5. The molecular formula is C20H15N3O3. The highest BCUT2D eigenvalue weighted by Crippen LogP contribution is 2.28. The fourth-order valence-electron chi connectivity index (χ4n) is 2.83. The van der Waals surface area contributed by atoms with Crippen molar-refractivity contribution in [3.63, 3.8) is 0 Å². The van der Waals surface area contributed by atoms with Gasteiger partial charge in [-0.2, -0.15) is 0 Å². The first kappa shape index (κ1) is 16.0. The summed E-state index contributed by atoms with van der Waals surface area (Å²) >= 11 is 0. The maximum Gasteiger partial charge on any atom is 0.276 e. The average molecular weight is 345 g/mol. The third-order valence-electron chi connectivity index (χ3n) is 4.13. The summed E-state index contributed by atoms with van der Waals surface area (Å²) in [5.41, 5.74) is 2.63. The summed E-state index contributed by atoms with van der Waals surface area (Å²) in [6.45, 7) is 0. The second-order valence-electron chi connectivity index (χ2n) is 5.92. The summed E-state index contributed by atoms with van der Waals surface area (Å²) in [5.74, 6) is 0.700. The van der Waals surface area contributed by atoms with E-state index >= 15 is 0 Å². The van der Waals surface area contributed by atoms with Crippen LogP contribution in [0.4, 0.5) is 5.69 Å². The fraction of sp³-hybridized carbons (Fsp3) is 0.100. The molecule has 1 aliphatic carbocycles. The number of aromatic nitrogens is 2. The van der Waals surface area contributed by atoms with Crippen LogP contribution in [0.2, 0.25) is 0 Å². The van der Waals surface area contributed by atoms with Crippen molar-refractivity contribution < 1.29 is 14.3 Å². The van der Waals surface area contributed by atoms with Gasteiger partial charge in [0.25, 0.3) is 5.91 Å². The molecule has 0 atom stereocenters. The number of para-hydroxylation sites is 1. The number of aryl methyl sites for hydroxylation is 1. The Hall–Kier alpha value is -3.54. The van der Waals surface area contributed by atoms with Crippen LogP contribution in [-0.2, 0) is 6.42 Å². The molecule has 6 nitrogen and oxygen atoms in total. The summed E-state index contributed by atoms with van der Waals surface area (Å²) < 4.78 is 5.68. The quantitative estimate of drug-likeness (QED) is 0.780. The summed E-state index contributed by atoms with van der Waals surface area (Å²) in [6, 6.07) is 17.6. The first-order valence-corrected chi connectivity index (χ1v) is 8.23. The number of carbonyl (C=O) groups is 2. The van der Waals surface area contributed by atoms with Gasteiger partial charge in [0.05, 0.1) is 0 Å². The summed E-state index contributed by atoms with van der Waals surface area (Å²) in [4.78, 5) is 23.8. The Morgan fingerprint density at radius 2 is 1.81 bits per heavy atom. The zero-order chi connectivity index (χ0) is 17.9. The van der Waals surface area contributed by atoms with Crippen LogP contribution in [0.25, 0.3) is 0 Å². The van der Waals surface area contributed by atoms with Gasteiger partial charge in [0.15, 0.2) is 11.5 Å². The molecule has 2 aromatic carbocycles. The molecule has 3 aromatic rings. The van der Waals surface area contributed by atoms with E-state index in [4.69, 9.17) is 4.74 Å². The Balaban J connectivity index is 1.45. The highest BCUT2D eigenvalue weighted by molar-refractivity contribution is 6.02. The minimum Gasteiger partial charge on any atom is -0.438 e. The summed E-state index contributed by atoms with van der Waals surface area (Å²) in [5, 5.41) is 10.6. The lowest BCUT2D eigenvalue weighted by atomic mass is 10.1.